The molecule has 2 aromatic rings. The Labute approximate surface area is 156 Å². The van der Waals surface area contributed by atoms with E-state index in [-0.39, 0.29) is 17.1 Å². The quantitative estimate of drug-likeness (QED) is 0.656. The van der Waals surface area contributed by atoms with Crippen LogP contribution in [0.15, 0.2) is 30.3 Å². The summed E-state index contributed by atoms with van der Waals surface area (Å²) in [5, 5.41) is 4.87. The molecule has 0 spiro atoms. The lowest BCUT2D eigenvalue weighted by molar-refractivity contribution is 0.107. The topological polar surface area (TPSA) is 50.4 Å². The van der Waals surface area contributed by atoms with Crippen LogP contribution < -0.4 is 10.6 Å². The van der Waals surface area contributed by atoms with Gasteiger partial charge in [0, 0.05) is 0 Å². The van der Waals surface area contributed by atoms with Gasteiger partial charge in [0.15, 0.2) is 11.6 Å². The van der Waals surface area contributed by atoms with Crippen molar-refractivity contribution in [3.63, 3.8) is 0 Å². The molecule has 7 heteroatoms. The zero-order chi connectivity index (χ0) is 20.2. The first-order valence-corrected chi connectivity index (χ1v) is 8.79. The highest BCUT2D eigenvalue weighted by Gasteiger charge is 2.41. The third-order valence-corrected chi connectivity index (χ3v) is 4.01. The molecule has 146 valence electrons. The van der Waals surface area contributed by atoms with Crippen molar-refractivity contribution in [2.45, 2.75) is 46.1 Å². The SMILES string of the molecule is CC.Cc1ccc(Nc2c(NC(=O)OC3(C)CC3)ccc(F)c2F)c(F)c1. The summed E-state index contributed by atoms with van der Waals surface area (Å²) >= 11 is 0. The number of anilines is 3. The maximum absolute atomic E-state index is 14.2. The number of nitrogens with one attached hydrogen (secondary N) is 2. The molecule has 0 saturated heterocycles. The van der Waals surface area contributed by atoms with Crippen molar-refractivity contribution in [2.24, 2.45) is 0 Å². The standard InChI is InChI=1S/C18H17F3N2O2.C2H6/c1-10-3-5-13(12(20)9-10)22-16-14(6-4-11(19)15(16)21)23-17(24)25-18(2)7-8-18;1-2/h3-6,9,22H,7-8H2,1-2H3,(H,23,24);1-2H3. The van der Waals surface area contributed by atoms with E-state index in [9.17, 15) is 18.0 Å². The maximum atomic E-state index is 14.2. The van der Waals surface area contributed by atoms with Crippen molar-refractivity contribution >= 4 is 23.2 Å². The molecule has 0 aliphatic heterocycles. The fourth-order valence-corrected chi connectivity index (χ4v) is 2.27. The molecular formula is C20H23F3N2O2. The fourth-order valence-electron chi connectivity index (χ4n) is 2.27. The molecule has 1 aliphatic rings. The van der Waals surface area contributed by atoms with Gasteiger partial charge in [0.05, 0.1) is 11.4 Å². The van der Waals surface area contributed by atoms with Gasteiger partial charge in [0.2, 0.25) is 0 Å². The van der Waals surface area contributed by atoms with Crippen LogP contribution in [-0.4, -0.2) is 11.7 Å². The van der Waals surface area contributed by atoms with Gasteiger partial charge in [-0.05, 0) is 56.5 Å². The zero-order valence-electron chi connectivity index (χ0n) is 15.8. The van der Waals surface area contributed by atoms with E-state index < -0.39 is 29.1 Å². The highest BCUT2D eigenvalue weighted by atomic mass is 19.2. The second-order valence-corrected chi connectivity index (χ2v) is 6.36. The van der Waals surface area contributed by atoms with Crippen LogP contribution in [0.5, 0.6) is 0 Å². The summed E-state index contributed by atoms with van der Waals surface area (Å²) in [7, 11) is 0. The van der Waals surface area contributed by atoms with Crippen LogP contribution in [0.25, 0.3) is 0 Å². The predicted molar refractivity (Wildman–Crippen MR) is 99.9 cm³/mol. The first-order chi connectivity index (χ1) is 12.8. The van der Waals surface area contributed by atoms with E-state index in [0.29, 0.717) is 5.56 Å². The smallest absolute Gasteiger partial charge is 0.412 e. The van der Waals surface area contributed by atoms with Gasteiger partial charge in [-0.1, -0.05) is 19.9 Å². The molecule has 2 N–H and O–H groups in total. The summed E-state index contributed by atoms with van der Waals surface area (Å²) in [5.41, 5.74) is -0.295. The largest absolute Gasteiger partial charge is 0.443 e. The van der Waals surface area contributed by atoms with E-state index in [1.165, 1.54) is 18.2 Å². The number of rotatable bonds is 4. The lowest BCUT2D eigenvalue weighted by Gasteiger charge is -2.17. The third-order valence-electron chi connectivity index (χ3n) is 4.01. The Morgan fingerprint density at radius 1 is 1.04 bits per heavy atom. The third kappa shape index (κ3) is 5.15. The first kappa shape index (κ1) is 20.6. The van der Waals surface area contributed by atoms with Gasteiger partial charge in [-0.15, -0.1) is 0 Å². The van der Waals surface area contributed by atoms with Crippen molar-refractivity contribution in [3.8, 4) is 0 Å². The van der Waals surface area contributed by atoms with Crippen LogP contribution in [-0.2, 0) is 4.74 Å². The Hall–Kier alpha value is -2.70. The molecule has 0 aromatic heterocycles. The minimum Gasteiger partial charge on any atom is -0.443 e. The van der Waals surface area contributed by atoms with Crippen LogP contribution >= 0.6 is 0 Å². The Morgan fingerprint density at radius 3 is 2.26 bits per heavy atom. The van der Waals surface area contributed by atoms with Gasteiger partial charge in [-0.2, -0.15) is 0 Å². The molecule has 1 fully saturated rings. The Bertz CT molecular complexity index is 836. The summed E-state index contributed by atoms with van der Waals surface area (Å²) in [4.78, 5) is 11.9. The number of ether oxygens (including phenoxy) is 1. The van der Waals surface area contributed by atoms with Gasteiger partial charge < -0.3 is 10.1 Å². The summed E-state index contributed by atoms with van der Waals surface area (Å²) in [6.07, 6.45) is 0.717. The van der Waals surface area contributed by atoms with Gasteiger partial charge >= 0.3 is 6.09 Å². The molecule has 0 unspecified atom stereocenters. The molecule has 0 radical (unpaired) electrons. The van der Waals surface area contributed by atoms with Crippen molar-refractivity contribution < 1.29 is 22.7 Å². The maximum Gasteiger partial charge on any atom is 0.412 e. The van der Waals surface area contributed by atoms with Crippen LogP contribution in [0.2, 0.25) is 0 Å². The molecule has 0 bridgehead atoms. The number of halogens is 3. The number of hydrogen-bond donors (Lipinski definition) is 2. The van der Waals surface area contributed by atoms with Crippen LogP contribution in [0.4, 0.5) is 35.0 Å². The monoisotopic (exact) mass is 380 g/mol. The predicted octanol–water partition coefficient (Wildman–Crippen LogP) is 6.28. The van der Waals surface area contributed by atoms with Gasteiger partial charge in [0.25, 0.3) is 0 Å². The lowest BCUT2D eigenvalue weighted by Crippen LogP contribution is -2.21. The van der Waals surface area contributed by atoms with Crippen molar-refractivity contribution in [2.75, 3.05) is 10.6 Å². The summed E-state index contributed by atoms with van der Waals surface area (Å²) in [6.45, 7) is 7.48. The van der Waals surface area contributed by atoms with Crippen LogP contribution in [0.1, 0.15) is 39.2 Å². The van der Waals surface area contributed by atoms with Gasteiger partial charge in [-0.3, -0.25) is 5.32 Å². The summed E-state index contributed by atoms with van der Waals surface area (Å²) in [5.74, 6) is -2.97. The highest BCUT2D eigenvalue weighted by Crippen LogP contribution is 2.39. The molecule has 2 aromatic carbocycles. The van der Waals surface area contributed by atoms with E-state index in [1.54, 1.807) is 19.9 Å². The first-order valence-electron chi connectivity index (χ1n) is 8.79. The Kier molecular flexibility index (Phi) is 6.36. The normalized spacial score (nSPS) is 13.9. The van der Waals surface area contributed by atoms with Crippen molar-refractivity contribution in [1.29, 1.82) is 0 Å². The molecule has 4 nitrogen and oxygen atoms in total. The van der Waals surface area contributed by atoms with Crippen LogP contribution in [0, 0.1) is 24.4 Å². The van der Waals surface area contributed by atoms with E-state index in [2.05, 4.69) is 10.6 Å². The zero-order valence-corrected chi connectivity index (χ0v) is 15.8. The number of carbonyl (C=O) groups excluding carboxylic acids is 1. The molecular weight excluding hydrogens is 357 g/mol. The van der Waals surface area contributed by atoms with E-state index in [4.69, 9.17) is 4.74 Å². The number of carbonyl (C=O) groups is 1. The van der Waals surface area contributed by atoms with Gasteiger partial charge in [-0.25, -0.2) is 18.0 Å². The second kappa shape index (κ2) is 8.33. The number of hydrogen-bond acceptors (Lipinski definition) is 3. The second-order valence-electron chi connectivity index (χ2n) is 6.36. The summed E-state index contributed by atoms with van der Waals surface area (Å²) < 4.78 is 47.0. The molecule has 1 aliphatic carbocycles. The fraction of sp³-hybridized carbons (Fsp3) is 0.350. The average molecular weight is 380 g/mol. The van der Waals surface area contributed by atoms with Crippen molar-refractivity contribution in [3.05, 3.63) is 53.3 Å². The van der Waals surface area contributed by atoms with Gasteiger partial charge in [0.1, 0.15) is 17.1 Å². The van der Waals surface area contributed by atoms with E-state index in [0.717, 1.165) is 18.9 Å². The number of amides is 1. The molecule has 3 rings (SSSR count). The minimum atomic E-state index is -1.23. The van der Waals surface area contributed by atoms with E-state index >= 15 is 0 Å². The average Bonchev–Trinajstić information content (AvgIpc) is 3.34. The summed E-state index contributed by atoms with van der Waals surface area (Å²) in [6, 6.07) is 6.35. The number of benzene rings is 2. The molecule has 1 amide bonds. The molecule has 27 heavy (non-hydrogen) atoms. The molecule has 0 atom stereocenters. The molecule has 1 saturated carbocycles. The Balaban J connectivity index is 0.00000126. The molecule has 0 heterocycles. The van der Waals surface area contributed by atoms with Crippen LogP contribution in [0.3, 0.4) is 0 Å². The van der Waals surface area contributed by atoms with E-state index in [1.807, 2.05) is 13.8 Å². The minimum absolute atomic E-state index is 0.0410. The Morgan fingerprint density at radius 2 is 1.67 bits per heavy atom. The number of aryl methyl sites for hydroxylation is 1. The lowest BCUT2D eigenvalue weighted by atomic mass is 10.2. The highest BCUT2D eigenvalue weighted by molar-refractivity contribution is 5.91. The van der Waals surface area contributed by atoms with Crippen molar-refractivity contribution in [1.82, 2.24) is 0 Å².